The summed E-state index contributed by atoms with van der Waals surface area (Å²) in [5.41, 5.74) is 2.82. The van der Waals surface area contributed by atoms with Crippen molar-refractivity contribution in [2.24, 2.45) is 5.92 Å². The molecule has 1 N–H and O–H groups in total. The fraction of sp³-hybridized carbons (Fsp3) is 0.611. The minimum absolute atomic E-state index is 0.00856. The lowest BCUT2D eigenvalue weighted by Crippen LogP contribution is -2.43. The summed E-state index contributed by atoms with van der Waals surface area (Å²) in [7, 11) is 0. The summed E-state index contributed by atoms with van der Waals surface area (Å²) >= 11 is 0. The molecule has 0 radical (unpaired) electrons. The number of carbonyl (C=O) groups excluding carboxylic acids is 1. The Bertz CT molecular complexity index is 512. The third kappa shape index (κ3) is 3.58. The largest absolute Gasteiger partial charge is 0.484 e. The van der Waals surface area contributed by atoms with Gasteiger partial charge in [-0.3, -0.25) is 4.79 Å². The van der Waals surface area contributed by atoms with E-state index in [9.17, 15) is 4.79 Å². The first-order valence-corrected chi connectivity index (χ1v) is 8.26. The Hall–Kier alpha value is -1.51. The number of amides is 1. The van der Waals surface area contributed by atoms with E-state index in [1.165, 1.54) is 43.2 Å². The highest BCUT2D eigenvalue weighted by Gasteiger charge is 2.22. The molecule has 1 aromatic carbocycles. The number of fused-ring (bicyclic) bond motifs is 1. The van der Waals surface area contributed by atoms with Crippen LogP contribution >= 0.6 is 0 Å². The van der Waals surface area contributed by atoms with Gasteiger partial charge in [0.05, 0.1) is 0 Å². The van der Waals surface area contributed by atoms with E-state index in [0.717, 1.165) is 18.6 Å². The van der Waals surface area contributed by atoms with Crippen LogP contribution in [0.25, 0.3) is 0 Å². The molecule has 0 bridgehead atoms. The van der Waals surface area contributed by atoms with Crippen LogP contribution < -0.4 is 10.1 Å². The van der Waals surface area contributed by atoms with Crippen LogP contribution in [0.5, 0.6) is 5.75 Å². The summed E-state index contributed by atoms with van der Waals surface area (Å²) < 4.78 is 5.66. The molecular weight excluding hydrogens is 262 g/mol. The van der Waals surface area contributed by atoms with Gasteiger partial charge >= 0.3 is 0 Å². The number of carbonyl (C=O) groups is 1. The fourth-order valence-corrected chi connectivity index (χ4v) is 3.57. The van der Waals surface area contributed by atoms with Crippen LogP contribution in [0.3, 0.4) is 0 Å². The van der Waals surface area contributed by atoms with Crippen LogP contribution in [0, 0.1) is 5.92 Å². The Labute approximate surface area is 127 Å². The summed E-state index contributed by atoms with van der Waals surface area (Å²) in [5, 5.41) is 3.13. The molecule has 21 heavy (non-hydrogen) atoms. The predicted octanol–water partition coefficient (Wildman–Crippen LogP) is 3.25. The number of ether oxygens (including phenoxy) is 1. The van der Waals surface area contributed by atoms with E-state index in [0.29, 0.717) is 12.0 Å². The maximum atomic E-state index is 12.0. The van der Waals surface area contributed by atoms with E-state index in [1.807, 2.05) is 6.07 Å². The molecule has 2 aliphatic rings. The van der Waals surface area contributed by atoms with Crippen molar-refractivity contribution in [3.8, 4) is 5.75 Å². The summed E-state index contributed by atoms with van der Waals surface area (Å²) in [5.74, 6) is 1.42. The van der Waals surface area contributed by atoms with Crippen LogP contribution in [0.15, 0.2) is 18.2 Å². The van der Waals surface area contributed by atoms with Gasteiger partial charge in [-0.1, -0.05) is 25.8 Å². The molecule has 1 amide bonds. The summed E-state index contributed by atoms with van der Waals surface area (Å²) in [6, 6.07) is 6.55. The second kappa shape index (κ2) is 6.50. The summed E-state index contributed by atoms with van der Waals surface area (Å²) in [6.07, 6.45) is 8.38. The molecule has 1 fully saturated rings. The lowest BCUT2D eigenvalue weighted by molar-refractivity contribution is -0.124. The van der Waals surface area contributed by atoms with E-state index in [-0.39, 0.29) is 12.5 Å². The molecule has 3 rings (SSSR count). The van der Waals surface area contributed by atoms with Crippen molar-refractivity contribution in [3.63, 3.8) is 0 Å². The van der Waals surface area contributed by atoms with E-state index in [2.05, 4.69) is 24.4 Å². The van der Waals surface area contributed by atoms with E-state index < -0.39 is 0 Å². The van der Waals surface area contributed by atoms with Crippen LogP contribution in [-0.2, 0) is 17.6 Å². The molecular formula is C18H25NO2. The van der Waals surface area contributed by atoms with Gasteiger partial charge in [0, 0.05) is 6.04 Å². The molecule has 2 aliphatic carbocycles. The Morgan fingerprint density at radius 1 is 1.19 bits per heavy atom. The zero-order chi connectivity index (χ0) is 14.7. The van der Waals surface area contributed by atoms with Crippen molar-refractivity contribution in [1.82, 2.24) is 5.32 Å². The van der Waals surface area contributed by atoms with Crippen molar-refractivity contribution >= 4 is 5.91 Å². The average Bonchev–Trinajstić information content (AvgIpc) is 2.95. The lowest BCUT2D eigenvalue weighted by Gasteiger charge is -2.29. The molecule has 0 aliphatic heterocycles. The first-order chi connectivity index (χ1) is 10.2. The van der Waals surface area contributed by atoms with E-state index in [1.54, 1.807) is 0 Å². The smallest absolute Gasteiger partial charge is 0.258 e. The monoisotopic (exact) mass is 287 g/mol. The van der Waals surface area contributed by atoms with Gasteiger partial charge in [0.2, 0.25) is 0 Å². The van der Waals surface area contributed by atoms with E-state index in [4.69, 9.17) is 4.74 Å². The Morgan fingerprint density at radius 3 is 2.86 bits per heavy atom. The SMILES string of the molecule is C[C@@H]1CCCC[C@H]1NC(=O)COc1ccc2c(c1)CCC2. The highest BCUT2D eigenvalue weighted by molar-refractivity contribution is 5.77. The highest BCUT2D eigenvalue weighted by Crippen LogP contribution is 2.26. The molecule has 3 heteroatoms. The number of rotatable bonds is 4. The standard InChI is InChI=1S/C18H25NO2/c1-13-5-2-3-8-17(13)19-18(20)12-21-16-10-9-14-6-4-7-15(14)11-16/h9-11,13,17H,2-8,12H2,1H3,(H,19,20)/t13-,17-/m1/s1. The molecule has 0 heterocycles. The second-order valence-corrected chi connectivity index (χ2v) is 6.51. The van der Waals surface area contributed by atoms with E-state index >= 15 is 0 Å². The summed E-state index contributed by atoms with van der Waals surface area (Å²) in [6.45, 7) is 2.35. The van der Waals surface area contributed by atoms with Crippen LogP contribution in [-0.4, -0.2) is 18.6 Å². The maximum absolute atomic E-state index is 12.0. The first-order valence-electron chi connectivity index (χ1n) is 8.26. The van der Waals surface area contributed by atoms with Crippen molar-refractivity contribution < 1.29 is 9.53 Å². The van der Waals surface area contributed by atoms with Gasteiger partial charge in [0.25, 0.3) is 5.91 Å². The van der Waals surface area contributed by atoms with Gasteiger partial charge in [-0.25, -0.2) is 0 Å². The molecule has 0 aromatic heterocycles. The van der Waals surface area contributed by atoms with Gasteiger partial charge in [-0.05, 0) is 61.3 Å². The first kappa shape index (κ1) is 14.4. The molecule has 0 unspecified atom stereocenters. The zero-order valence-electron chi connectivity index (χ0n) is 12.9. The van der Waals surface area contributed by atoms with Gasteiger partial charge in [-0.2, -0.15) is 0 Å². The van der Waals surface area contributed by atoms with Crippen LogP contribution in [0.1, 0.15) is 50.2 Å². The van der Waals surface area contributed by atoms with Crippen molar-refractivity contribution in [2.45, 2.75) is 57.9 Å². The molecule has 2 atom stereocenters. The highest BCUT2D eigenvalue weighted by atomic mass is 16.5. The van der Waals surface area contributed by atoms with Crippen LogP contribution in [0.2, 0.25) is 0 Å². The van der Waals surface area contributed by atoms with Gasteiger partial charge in [0.1, 0.15) is 5.75 Å². The predicted molar refractivity (Wildman–Crippen MR) is 83.5 cm³/mol. The minimum Gasteiger partial charge on any atom is -0.484 e. The Morgan fingerprint density at radius 2 is 2.00 bits per heavy atom. The van der Waals surface area contributed by atoms with Crippen LogP contribution in [0.4, 0.5) is 0 Å². The molecule has 1 saturated carbocycles. The Kier molecular flexibility index (Phi) is 4.47. The third-order valence-corrected chi connectivity index (χ3v) is 4.90. The molecule has 3 nitrogen and oxygen atoms in total. The maximum Gasteiger partial charge on any atom is 0.258 e. The van der Waals surface area contributed by atoms with Gasteiger partial charge < -0.3 is 10.1 Å². The third-order valence-electron chi connectivity index (χ3n) is 4.90. The quantitative estimate of drug-likeness (QED) is 0.923. The average molecular weight is 287 g/mol. The van der Waals surface area contributed by atoms with Crippen molar-refractivity contribution in [3.05, 3.63) is 29.3 Å². The Balaban J connectivity index is 1.49. The lowest BCUT2D eigenvalue weighted by atomic mass is 9.86. The zero-order valence-corrected chi connectivity index (χ0v) is 12.9. The normalized spacial score (nSPS) is 24.4. The number of hydrogen-bond donors (Lipinski definition) is 1. The van der Waals surface area contributed by atoms with Gasteiger partial charge in [-0.15, -0.1) is 0 Å². The van der Waals surface area contributed by atoms with Gasteiger partial charge in [0.15, 0.2) is 6.61 Å². The van der Waals surface area contributed by atoms with Crippen molar-refractivity contribution in [2.75, 3.05) is 6.61 Å². The molecule has 0 spiro atoms. The number of nitrogens with one attached hydrogen (secondary N) is 1. The molecule has 0 saturated heterocycles. The topological polar surface area (TPSA) is 38.3 Å². The second-order valence-electron chi connectivity index (χ2n) is 6.51. The fourth-order valence-electron chi connectivity index (χ4n) is 3.57. The minimum atomic E-state index is 0.00856. The molecule has 1 aromatic rings. The number of aryl methyl sites for hydroxylation is 2. The molecule has 114 valence electrons. The number of hydrogen-bond acceptors (Lipinski definition) is 2. The van der Waals surface area contributed by atoms with Crippen molar-refractivity contribution in [1.29, 1.82) is 0 Å². The number of benzene rings is 1. The summed E-state index contributed by atoms with van der Waals surface area (Å²) in [4.78, 5) is 12.0.